The lowest BCUT2D eigenvalue weighted by Crippen LogP contribution is -2.00. The molecule has 0 amide bonds. The molecule has 12 heteroatoms. The van der Waals surface area contributed by atoms with Crippen LogP contribution in [0, 0.1) is 23.7 Å². The van der Waals surface area contributed by atoms with Crippen LogP contribution >= 0.6 is 0 Å². The molecule has 12 nitrogen and oxygen atoms in total. The van der Waals surface area contributed by atoms with Gasteiger partial charge >= 0.3 is 11.9 Å². The lowest BCUT2D eigenvalue weighted by atomic mass is 10.00. The van der Waals surface area contributed by atoms with Gasteiger partial charge in [-0.25, -0.2) is 19.8 Å². The quantitative estimate of drug-likeness (QED) is 0.120. The van der Waals surface area contributed by atoms with Crippen LogP contribution in [0.3, 0.4) is 0 Å². The molecule has 2 heterocycles. The first-order chi connectivity index (χ1) is 26.4. The van der Waals surface area contributed by atoms with Crippen molar-refractivity contribution >= 4 is 33.5 Å². The van der Waals surface area contributed by atoms with Crippen LogP contribution in [0.15, 0.2) is 121 Å². The summed E-state index contributed by atoms with van der Waals surface area (Å²) in [6.07, 6.45) is 0. The third-order valence-electron chi connectivity index (χ3n) is 8.34. The third-order valence-corrected chi connectivity index (χ3v) is 8.34. The Balaban J connectivity index is 1.06. The molecule has 8 rings (SSSR count). The van der Waals surface area contributed by atoms with E-state index in [-0.39, 0.29) is 23.1 Å². The van der Waals surface area contributed by atoms with Gasteiger partial charge in [-0.15, -0.1) is 0 Å². The van der Waals surface area contributed by atoms with E-state index < -0.39 is 11.9 Å². The first-order valence-corrected chi connectivity index (χ1v) is 16.3. The van der Waals surface area contributed by atoms with E-state index in [4.69, 9.17) is 9.47 Å². The second-order valence-corrected chi connectivity index (χ2v) is 11.8. The lowest BCUT2D eigenvalue weighted by Gasteiger charge is -2.08. The minimum absolute atomic E-state index is 0.132. The van der Waals surface area contributed by atoms with Gasteiger partial charge in [-0.2, -0.15) is 0 Å². The Bertz CT molecular complexity index is 2890. The van der Waals surface area contributed by atoms with Crippen LogP contribution in [-0.2, 0) is 0 Å². The molecular weight excluding hydrogens is 684 g/mol. The molecule has 0 aliphatic heterocycles. The highest BCUT2D eigenvalue weighted by Gasteiger charge is 2.19. The SMILES string of the molecule is O=C(O)c1[nH]nnc1Oc1cc(C#Cc2cccc(-c3cccc(C#Cc4ccc(Oc5nn[nH]c5C(=O)O)c5ccccc45)c3)c2)c2ccccc2c1. The highest BCUT2D eigenvalue weighted by molar-refractivity contribution is 5.94. The first-order valence-electron chi connectivity index (χ1n) is 16.3. The summed E-state index contributed by atoms with van der Waals surface area (Å²) in [6.45, 7) is 0. The van der Waals surface area contributed by atoms with Crippen LogP contribution in [0.25, 0.3) is 32.7 Å². The highest BCUT2D eigenvalue weighted by Crippen LogP contribution is 2.33. The van der Waals surface area contributed by atoms with Crippen molar-refractivity contribution < 1.29 is 29.3 Å². The largest absolute Gasteiger partial charge is 0.476 e. The van der Waals surface area contributed by atoms with Crippen molar-refractivity contribution in [3.8, 4) is 58.1 Å². The maximum Gasteiger partial charge on any atom is 0.359 e. The minimum atomic E-state index is -1.23. The van der Waals surface area contributed by atoms with E-state index in [1.54, 1.807) is 18.2 Å². The molecule has 0 fully saturated rings. The molecule has 0 saturated carbocycles. The standard InChI is InChI=1S/C42H24N6O6/c49-41(50)37-39(45-47-43-37)53-32-23-30-9-1-2-12-33(30)31(24-32)18-16-26-8-6-11-29(22-26)28-10-5-7-25(21-28)15-17-27-19-20-36(35-14-4-3-13-34(27)35)54-40-38(42(51)52)44-48-46-40/h1-14,19-24H,(H,49,50)(H,51,52)(H,43,45,47)(H,44,46,48). The Morgan fingerprint density at radius 1 is 0.537 bits per heavy atom. The Morgan fingerprint density at radius 2 is 1.11 bits per heavy atom. The highest BCUT2D eigenvalue weighted by atomic mass is 16.5. The molecule has 258 valence electrons. The van der Waals surface area contributed by atoms with E-state index in [2.05, 4.69) is 54.5 Å². The number of rotatable bonds is 7. The first kappa shape index (κ1) is 33.0. The molecule has 0 atom stereocenters. The average molecular weight is 709 g/mol. The molecule has 0 saturated heterocycles. The van der Waals surface area contributed by atoms with Gasteiger partial charge in [-0.3, -0.25) is 0 Å². The topological polar surface area (TPSA) is 176 Å². The Kier molecular flexibility index (Phi) is 8.66. The molecule has 54 heavy (non-hydrogen) atoms. The maximum absolute atomic E-state index is 11.5. The summed E-state index contributed by atoms with van der Waals surface area (Å²) in [4.78, 5) is 23.0. The maximum atomic E-state index is 11.5. The van der Waals surface area contributed by atoms with Gasteiger partial charge in [0.25, 0.3) is 11.8 Å². The van der Waals surface area contributed by atoms with E-state index in [1.165, 1.54) is 0 Å². The lowest BCUT2D eigenvalue weighted by molar-refractivity contribution is 0.0676. The van der Waals surface area contributed by atoms with E-state index >= 15 is 0 Å². The summed E-state index contributed by atoms with van der Waals surface area (Å²) in [7, 11) is 0. The predicted molar refractivity (Wildman–Crippen MR) is 199 cm³/mol. The number of ether oxygens (including phenoxy) is 2. The predicted octanol–water partition coefficient (Wildman–Crippen LogP) is 7.68. The van der Waals surface area contributed by atoms with Crippen LogP contribution in [0.5, 0.6) is 23.3 Å². The third kappa shape index (κ3) is 6.77. The van der Waals surface area contributed by atoms with Crippen molar-refractivity contribution in [2.24, 2.45) is 0 Å². The van der Waals surface area contributed by atoms with Gasteiger partial charge < -0.3 is 19.7 Å². The summed E-state index contributed by atoms with van der Waals surface area (Å²) < 4.78 is 11.7. The van der Waals surface area contributed by atoms with E-state index in [1.807, 2.05) is 103 Å². The van der Waals surface area contributed by atoms with Gasteiger partial charge in [0.15, 0.2) is 0 Å². The van der Waals surface area contributed by atoms with E-state index in [0.29, 0.717) is 17.1 Å². The zero-order chi connectivity index (χ0) is 37.0. The molecule has 0 bridgehead atoms. The molecule has 8 aromatic rings. The van der Waals surface area contributed by atoms with Crippen LogP contribution in [0.1, 0.15) is 43.2 Å². The Labute approximate surface area is 306 Å². The number of aromatic carboxylic acids is 2. The van der Waals surface area contributed by atoms with Crippen molar-refractivity contribution in [3.05, 3.63) is 155 Å². The van der Waals surface area contributed by atoms with Crippen LogP contribution in [-0.4, -0.2) is 53.0 Å². The van der Waals surface area contributed by atoms with Crippen molar-refractivity contribution in [2.45, 2.75) is 0 Å². The average Bonchev–Trinajstić information content (AvgIpc) is 3.87. The number of hydrogen-bond acceptors (Lipinski definition) is 8. The fourth-order valence-electron chi connectivity index (χ4n) is 5.82. The van der Waals surface area contributed by atoms with E-state index in [9.17, 15) is 19.8 Å². The minimum Gasteiger partial charge on any atom is -0.476 e. The molecule has 0 spiro atoms. The summed E-state index contributed by atoms with van der Waals surface area (Å²) in [6, 6.07) is 38.2. The number of nitrogens with zero attached hydrogens (tertiary/aromatic N) is 4. The molecular formula is C42H24N6O6. The molecule has 0 unspecified atom stereocenters. The normalized spacial score (nSPS) is 10.6. The fourth-order valence-corrected chi connectivity index (χ4v) is 5.82. The van der Waals surface area contributed by atoms with Gasteiger partial charge in [-0.1, -0.05) is 117 Å². The van der Waals surface area contributed by atoms with E-state index in [0.717, 1.165) is 49.4 Å². The number of H-pyrrole nitrogens is 2. The zero-order valence-electron chi connectivity index (χ0n) is 27.9. The van der Waals surface area contributed by atoms with Crippen LogP contribution in [0.2, 0.25) is 0 Å². The number of nitrogens with one attached hydrogen (secondary N) is 2. The molecule has 6 aromatic carbocycles. The van der Waals surface area contributed by atoms with Crippen molar-refractivity contribution in [2.75, 3.05) is 0 Å². The number of benzene rings is 6. The monoisotopic (exact) mass is 708 g/mol. The Morgan fingerprint density at radius 3 is 1.76 bits per heavy atom. The Hall–Kier alpha value is -8.22. The van der Waals surface area contributed by atoms with Crippen molar-refractivity contribution in [1.82, 2.24) is 30.8 Å². The van der Waals surface area contributed by atoms with Gasteiger partial charge in [0.05, 0.1) is 0 Å². The van der Waals surface area contributed by atoms with Crippen LogP contribution < -0.4 is 9.47 Å². The molecule has 0 radical (unpaired) electrons. The van der Waals surface area contributed by atoms with Gasteiger partial charge in [0, 0.05) is 33.0 Å². The van der Waals surface area contributed by atoms with Gasteiger partial charge in [-0.05, 0) is 70.4 Å². The number of hydrogen-bond donors (Lipinski definition) is 4. The molecule has 2 aromatic heterocycles. The number of fused-ring (bicyclic) bond motifs is 2. The summed E-state index contributed by atoms with van der Waals surface area (Å²) in [5.74, 6) is 11.2. The number of carbonyl (C=O) groups is 2. The number of carboxylic acids is 2. The second-order valence-electron chi connectivity index (χ2n) is 11.8. The summed E-state index contributed by atoms with van der Waals surface area (Å²) in [5, 5.41) is 41.5. The fraction of sp³-hybridized carbons (Fsp3) is 0. The summed E-state index contributed by atoms with van der Waals surface area (Å²) >= 11 is 0. The number of aromatic amines is 2. The van der Waals surface area contributed by atoms with Crippen LogP contribution in [0.4, 0.5) is 0 Å². The zero-order valence-corrected chi connectivity index (χ0v) is 27.9. The molecule has 4 N–H and O–H groups in total. The van der Waals surface area contributed by atoms with Crippen molar-refractivity contribution in [3.63, 3.8) is 0 Å². The molecule has 0 aliphatic carbocycles. The second kappa shape index (κ2) is 14.2. The number of aromatic nitrogens is 6. The number of carboxylic acid groups (broad SMARTS) is 2. The molecule has 0 aliphatic rings. The van der Waals surface area contributed by atoms with Gasteiger partial charge in [0.2, 0.25) is 11.4 Å². The van der Waals surface area contributed by atoms with Crippen molar-refractivity contribution in [1.29, 1.82) is 0 Å². The smallest absolute Gasteiger partial charge is 0.359 e. The van der Waals surface area contributed by atoms with Gasteiger partial charge in [0.1, 0.15) is 11.5 Å². The summed E-state index contributed by atoms with van der Waals surface area (Å²) in [5.41, 5.74) is 4.49.